The van der Waals surface area contributed by atoms with Crippen molar-refractivity contribution >= 4 is 11.9 Å². The van der Waals surface area contributed by atoms with Crippen LogP contribution in [-0.2, 0) is 9.47 Å². The molecule has 0 bridgehead atoms. The van der Waals surface area contributed by atoms with Crippen molar-refractivity contribution in [2.24, 2.45) is 11.8 Å². The number of unbranched alkanes of at least 4 members (excludes halogenated alkanes) is 8. The molecule has 0 aliphatic carbocycles. The van der Waals surface area contributed by atoms with Gasteiger partial charge in [-0.05, 0) is 36.8 Å². The summed E-state index contributed by atoms with van der Waals surface area (Å²) in [7, 11) is 0. The van der Waals surface area contributed by atoms with Gasteiger partial charge in [-0.2, -0.15) is 0 Å². The lowest BCUT2D eigenvalue weighted by atomic mass is 10.0. The highest BCUT2D eigenvalue weighted by atomic mass is 16.6. The number of furan rings is 1. The third-order valence-corrected chi connectivity index (χ3v) is 5.33. The Morgan fingerprint density at radius 2 is 1.00 bits per heavy atom. The Labute approximate surface area is 189 Å². The van der Waals surface area contributed by atoms with Gasteiger partial charge in [0, 0.05) is 0 Å². The summed E-state index contributed by atoms with van der Waals surface area (Å²) < 4.78 is 15.8. The molecule has 0 aromatic carbocycles. The first-order valence-electron chi connectivity index (χ1n) is 12.3. The zero-order valence-corrected chi connectivity index (χ0v) is 20.3. The van der Waals surface area contributed by atoms with Crippen LogP contribution in [-0.4, -0.2) is 25.2 Å². The summed E-state index contributed by atoms with van der Waals surface area (Å²) >= 11 is 0. The number of carbonyl (C=O) groups is 2. The molecule has 5 nitrogen and oxygen atoms in total. The minimum absolute atomic E-state index is 0.0500. The van der Waals surface area contributed by atoms with E-state index in [9.17, 15) is 9.59 Å². The molecule has 0 aliphatic heterocycles. The van der Waals surface area contributed by atoms with Gasteiger partial charge in [-0.3, -0.25) is 0 Å². The lowest BCUT2D eigenvalue weighted by Gasteiger charge is -2.05. The Balaban J connectivity index is 2.11. The van der Waals surface area contributed by atoms with Crippen LogP contribution in [0, 0.1) is 11.8 Å². The molecule has 1 aromatic heterocycles. The number of rotatable bonds is 18. The average molecular weight is 437 g/mol. The van der Waals surface area contributed by atoms with Gasteiger partial charge < -0.3 is 13.9 Å². The molecular weight excluding hydrogens is 392 g/mol. The highest BCUT2D eigenvalue weighted by Crippen LogP contribution is 2.14. The van der Waals surface area contributed by atoms with Crippen LogP contribution in [0.15, 0.2) is 16.5 Å². The quantitative estimate of drug-likeness (QED) is 0.175. The van der Waals surface area contributed by atoms with Gasteiger partial charge in [-0.15, -0.1) is 0 Å². The van der Waals surface area contributed by atoms with Crippen molar-refractivity contribution in [3.8, 4) is 0 Å². The van der Waals surface area contributed by atoms with E-state index in [4.69, 9.17) is 13.9 Å². The van der Waals surface area contributed by atoms with Crippen LogP contribution >= 0.6 is 0 Å². The maximum Gasteiger partial charge on any atom is 0.374 e. The van der Waals surface area contributed by atoms with Crippen LogP contribution in [0.25, 0.3) is 0 Å². The van der Waals surface area contributed by atoms with Crippen LogP contribution in [0.1, 0.15) is 126 Å². The fourth-order valence-electron chi connectivity index (χ4n) is 3.40. The maximum absolute atomic E-state index is 12.1. The summed E-state index contributed by atoms with van der Waals surface area (Å²) in [5.41, 5.74) is 0. The Morgan fingerprint density at radius 1 is 0.645 bits per heavy atom. The van der Waals surface area contributed by atoms with Gasteiger partial charge >= 0.3 is 11.9 Å². The molecule has 0 unspecified atom stereocenters. The smallest absolute Gasteiger partial charge is 0.374 e. The van der Waals surface area contributed by atoms with E-state index in [1.54, 1.807) is 0 Å². The molecule has 1 aromatic rings. The predicted molar refractivity (Wildman–Crippen MR) is 124 cm³/mol. The molecule has 0 amide bonds. The largest absolute Gasteiger partial charge is 0.460 e. The SMILES string of the molecule is CC(C)CCCCCCCOC(=O)c1ccc(C(=O)OCCCCCCCC(C)C)o1. The van der Waals surface area contributed by atoms with Gasteiger partial charge in [-0.1, -0.05) is 91.9 Å². The van der Waals surface area contributed by atoms with Gasteiger partial charge in [-0.25, -0.2) is 9.59 Å². The summed E-state index contributed by atoms with van der Waals surface area (Å²) in [4.78, 5) is 24.1. The second kappa shape index (κ2) is 16.9. The number of ether oxygens (including phenoxy) is 2. The zero-order chi connectivity index (χ0) is 22.9. The molecule has 0 saturated carbocycles. The predicted octanol–water partition coefficient (Wildman–Crippen LogP) is 7.59. The molecule has 0 atom stereocenters. The van der Waals surface area contributed by atoms with E-state index in [2.05, 4.69) is 27.7 Å². The summed E-state index contributed by atoms with van der Waals surface area (Å²) in [5.74, 6) is 0.574. The summed E-state index contributed by atoms with van der Waals surface area (Å²) in [5, 5.41) is 0. The Bertz CT molecular complexity index is 552. The van der Waals surface area contributed by atoms with Crippen molar-refractivity contribution in [3.63, 3.8) is 0 Å². The number of hydrogen-bond donors (Lipinski definition) is 0. The van der Waals surface area contributed by atoms with E-state index in [1.807, 2.05) is 0 Å². The minimum Gasteiger partial charge on any atom is -0.460 e. The van der Waals surface area contributed by atoms with Gasteiger partial charge in [0.2, 0.25) is 11.5 Å². The third kappa shape index (κ3) is 14.0. The van der Waals surface area contributed by atoms with Crippen LogP contribution < -0.4 is 0 Å². The van der Waals surface area contributed by atoms with Crippen LogP contribution in [0.3, 0.4) is 0 Å². The first-order valence-corrected chi connectivity index (χ1v) is 12.3. The summed E-state index contributed by atoms with van der Waals surface area (Å²) in [6.07, 6.45) is 13.7. The van der Waals surface area contributed by atoms with E-state index >= 15 is 0 Å². The van der Waals surface area contributed by atoms with Crippen molar-refractivity contribution in [3.05, 3.63) is 23.7 Å². The van der Waals surface area contributed by atoms with Crippen molar-refractivity contribution in [1.82, 2.24) is 0 Å². The summed E-state index contributed by atoms with van der Waals surface area (Å²) in [6.45, 7) is 9.74. The molecular formula is C26H44O5. The van der Waals surface area contributed by atoms with Gasteiger partial charge in [0.1, 0.15) is 0 Å². The molecule has 0 saturated heterocycles. The lowest BCUT2D eigenvalue weighted by Crippen LogP contribution is -2.07. The first kappa shape index (κ1) is 27.3. The van der Waals surface area contributed by atoms with E-state index in [0.717, 1.165) is 37.5 Å². The van der Waals surface area contributed by atoms with Crippen LogP contribution in [0.4, 0.5) is 0 Å². The standard InChI is InChI=1S/C26H44O5/c1-21(2)15-11-7-5-9-13-19-29-25(27)23-17-18-24(31-23)26(28)30-20-14-10-6-8-12-16-22(3)4/h17-18,21-22H,5-16,19-20H2,1-4H3. The molecule has 0 radical (unpaired) electrons. The van der Waals surface area contributed by atoms with Crippen LogP contribution in [0.5, 0.6) is 0 Å². The molecule has 0 N–H and O–H groups in total. The van der Waals surface area contributed by atoms with Gasteiger partial charge in [0.25, 0.3) is 0 Å². The van der Waals surface area contributed by atoms with E-state index in [-0.39, 0.29) is 11.5 Å². The summed E-state index contributed by atoms with van der Waals surface area (Å²) in [6, 6.07) is 2.94. The molecule has 0 fully saturated rings. The molecule has 31 heavy (non-hydrogen) atoms. The second-order valence-corrected chi connectivity index (χ2v) is 9.34. The average Bonchev–Trinajstić information content (AvgIpc) is 3.21. The second-order valence-electron chi connectivity index (χ2n) is 9.34. The first-order chi connectivity index (χ1) is 14.9. The highest BCUT2D eigenvalue weighted by Gasteiger charge is 2.17. The van der Waals surface area contributed by atoms with E-state index < -0.39 is 11.9 Å². The van der Waals surface area contributed by atoms with Crippen LogP contribution in [0.2, 0.25) is 0 Å². The molecule has 178 valence electrons. The van der Waals surface area contributed by atoms with Crippen molar-refractivity contribution in [1.29, 1.82) is 0 Å². The molecule has 5 heteroatoms. The fraction of sp³-hybridized carbons (Fsp3) is 0.769. The Kier molecular flexibility index (Phi) is 14.8. The molecule has 1 heterocycles. The number of esters is 2. The fourth-order valence-corrected chi connectivity index (χ4v) is 3.40. The number of hydrogen-bond acceptors (Lipinski definition) is 5. The van der Waals surface area contributed by atoms with Crippen molar-refractivity contribution in [2.75, 3.05) is 13.2 Å². The third-order valence-electron chi connectivity index (χ3n) is 5.33. The van der Waals surface area contributed by atoms with Gasteiger partial charge in [0.15, 0.2) is 0 Å². The Hall–Kier alpha value is -1.78. The highest BCUT2D eigenvalue weighted by molar-refractivity contribution is 5.90. The van der Waals surface area contributed by atoms with Gasteiger partial charge in [0.05, 0.1) is 13.2 Å². The van der Waals surface area contributed by atoms with E-state index in [1.165, 1.54) is 63.5 Å². The zero-order valence-electron chi connectivity index (χ0n) is 20.3. The topological polar surface area (TPSA) is 65.7 Å². The van der Waals surface area contributed by atoms with E-state index in [0.29, 0.717) is 13.2 Å². The molecule has 0 spiro atoms. The molecule has 0 aliphatic rings. The maximum atomic E-state index is 12.1. The molecule has 1 rings (SSSR count). The Morgan fingerprint density at radius 3 is 1.39 bits per heavy atom. The van der Waals surface area contributed by atoms with Crippen molar-refractivity contribution < 1.29 is 23.5 Å². The van der Waals surface area contributed by atoms with Crippen molar-refractivity contribution in [2.45, 2.75) is 105 Å². The lowest BCUT2D eigenvalue weighted by molar-refractivity contribution is 0.0426. The monoisotopic (exact) mass is 436 g/mol. The number of carbonyl (C=O) groups excluding carboxylic acids is 2. The normalized spacial score (nSPS) is 11.3. The minimum atomic E-state index is -0.528.